The van der Waals surface area contributed by atoms with Crippen LogP contribution in [0.25, 0.3) is 0 Å². The first-order valence-corrected chi connectivity index (χ1v) is 9.97. The van der Waals surface area contributed by atoms with E-state index in [0.29, 0.717) is 18.8 Å². The Kier molecular flexibility index (Phi) is 6.63. The van der Waals surface area contributed by atoms with Gasteiger partial charge in [-0.1, -0.05) is 37.6 Å². The van der Waals surface area contributed by atoms with Gasteiger partial charge in [0.15, 0.2) is 0 Å². The van der Waals surface area contributed by atoms with Crippen LogP contribution in [0.5, 0.6) is 5.75 Å². The number of nitrogens with zero attached hydrogens (tertiary/aromatic N) is 1. The van der Waals surface area contributed by atoms with Gasteiger partial charge in [-0.25, -0.2) is 8.42 Å². The second-order valence-corrected chi connectivity index (χ2v) is 7.94. The molecule has 0 bridgehead atoms. The van der Waals surface area contributed by atoms with Crippen LogP contribution in [-0.4, -0.2) is 36.8 Å². The van der Waals surface area contributed by atoms with Gasteiger partial charge in [0.25, 0.3) is 0 Å². The summed E-state index contributed by atoms with van der Waals surface area (Å²) in [5, 5.41) is 12.1. The van der Waals surface area contributed by atoms with Crippen LogP contribution in [0.15, 0.2) is 47.4 Å². The number of phenolic OH excluding ortho intramolecular Hbond substituents is 1. The lowest BCUT2D eigenvalue weighted by atomic mass is 10.1. The van der Waals surface area contributed by atoms with Crippen molar-refractivity contribution >= 4 is 33.2 Å². The number of anilines is 1. The van der Waals surface area contributed by atoms with E-state index in [9.17, 15) is 18.3 Å². The topological polar surface area (TPSA) is 86.7 Å². The summed E-state index contributed by atoms with van der Waals surface area (Å²) >= 11 is 6.08. The number of phenols is 1. The molecule has 1 amide bonds. The minimum absolute atomic E-state index is 0.0368. The van der Waals surface area contributed by atoms with Crippen LogP contribution in [-0.2, 0) is 21.2 Å². The Morgan fingerprint density at radius 1 is 1.12 bits per heavy atom. The highest BCUT2D eigenvalue weighted by atomic mass is 35.5. The van der Waals surface area contributed by atoms with E-state index in [0.717, 1.165) is 5.56 Å². The third-order valence-electron chi connectivity index (χ3n) is 3.84. The molecule has 0 saturated carbocycles. The van der Waals surface area contributed by atoms with Crippen LogP contribution in [0.3, 0.4) is 0 Å². The summed E-state index contributed by atoms with van der Waals surface area (Å²) in [5.74, 6) is -0.178. The molecule has 8 heteroatoms. The molecular formula is C18H21ClN2O4S. The van der Waals surface area contributed by atoms with Crippen LogP contribution >= 0.6 is 11.6 Å². The molecule has 2 N–H and O–H groups in total. The molecule has 2 rings (SSSR count). The van der Waals surface area contributed by atoms with Gasteiger partial charge >= 0.3 is 0 Å². The summed E-state index contributed by atoms with van der Waals surface area (Å²) in [7, 11) is -3.73. The standard InChI is InChI=1S/C18H21ClN2O4S/c1-3-21(4-2)26(24,25)17-12-14(7-10-16(17)19)20-18(23)11-13-5-8-15(22)9-6-13/h5-10,12,22H,3-4,11H2,1-2H3,(H,20,23). The lowest BCUT2D eigenvalue weighted by molar-refractivity contribution is -0.115. The molecule has 0 unspecified atom stereocenters. The number of amides is 1. The number of carbonyl (C=O) groups is 1. The van der Waals surface area contributed by atoms with Crippen molar-refractivity contribution in [3.63, 3.8) is 0 Å². The first kappa shape index (κ1) is 20.2. The van der Waals surface area contributed by atoms with Crippen LogP contribution in [0.4, 0.5) is 5.69 Å². The van der Waals surface area contributed by atoms with E-state index >= 15 is 0 Å². The largest absolute Gasteiger partial charge is 0.508 e. The molecule has 0 aliphatic carbocycles. The SMILES string of the molecule is CCN(CC)S(=O)(=O)c1cc(NC(=O)Cc2ccc(O)cc2)ccc1Cl. The fourth-order valence-corrected chi connectivity index (χ4v) is 4.44. The summed E-state index contributed by atoms with van der Waals surface area (Å²) in [4.78, 5) is 12.2. The van der Waals surface area contributed by atoms with Crippen molar-refractivity contribution in [2.45, 2.75) is 25.2 Å². The molecule has 0 aliphatic rings. The molecule has 0 spiro atoms. The Hall–Kier alpha value is -2.09. The van der Waals surface area contributed by atoms with E-state index in [1.807, 2.05) is 0 Å². The lowest BCUT2D eigenvalue weighted by Gasteiger charge is -2.19. The van der Waals surface area contributed by atoms with E-state index < -0.39 is 10.0 Å². The predicted molar refractivity (Wildman–Crippen MR) is 102 cm³/mol. The Labute approximate surface area is 158 Å². The molecule has 0 saturated heterocycles. The summed E-state index contributed by atoms with van der Waals surface area (Å²) in [6, 6.07) is 10.7. The van der Waals surface area contributed by atoms with E-state index in [1.165, 1.54) is 28.6 Å². The van der Waals surface area contributed by atoms with Gasteiger partial charge in [0, 0.05) is 18.8 Å². The van der Waals surface area contributed by atoms with Gasteiger partial charge in [0.05, 0.1) is 11.4 Å². The van der Waals surface area contributed by atoms with Crippen LogP contribution in [0.1, 0.15) is 19.4 Å². The second-order valence-electron chi connectivity index (χ2n) is 5.63. The number of sulfonamides is 1. The average Bonchev–Trinajstić information content (AvgIpc) is 2.59. The van der Waals surface area contributed by atoms with Gasteiger partial charge < -0.3 is 10.4 Å². The highest BCUT2D eigenvalue weighted by Gasteiger charge is 2.24. The van der Waals surface area contributed by atoms with Gasteiger partial charge in [0.2, 0.25) is 15.9 Å². The van der Waals surface area contributed by atoms with Crippen molar-refractivity contribution < 1.29 is 18.3 Å². The number of aromatic hydroxyl groups is 1. The number of halogens is 1. The Morgan fingerprint density at radius 3 is 2.31 bits per heavy atom. The first-order valence-electron chi connectivity index (χ1n) is 8.15. The molecule has 0 heterocycles. The molecule has 0 radical (unpaired) electrons. The molecule has 26 heavy (non-hydrogen) atoms. The maximum Gasteiger partial charge on any atom is 0.244 e. The lowest BCUT2D eigenvalue weighted by Crippen LogP contribution is -2.30. The maximum absolute atomic E-state index is 12.7. The first-order chi connectivity index (χ1) is 12.3. The molecular weight excluding hydrogens is 376 g/mol. The van der Waals surface area contributed by atoms with Crippen molar-refractivity contribution in [2.75, 3.05) is 18.4 Å². The van der Waals surface area contributed by atoms with Gasteiger partial charge in [-0.05, 0) is 35.9 Å². The third-order valence-corrected chi connectivity index (χ3v) is 6.37. The van der Waals surface area contributed by atoms with Crippen LogP contribution in [0, 0.1) is 0 Å². The zero-order valence-corrected chi connectivity index (χ0v) is 16.1. The molecule has 0 atom stereocenters. The quantitative estimate of drug-likeness (QED) is 0.752. The molecule has 0 fully saturated rings. The Balaban J connectivity index is 2.21. The highest BCUT2D eigenvalue weighted by molar-refractivity contribution is 7.89. The number of hydrogen-bond donors (Lipinski definition) is 2. The third kappa shape index (κ3) is 4.75. The molecule has 0 aromatic heterocycles. The normalized spacial score (nSPS) is 11.5. The minimum Gasteiger partial charge on any atom is -0.508 e. The molecule has 0 aliphatic heterocycles. The molecule has 6 nitrogen and oxygen atoms in total. The van der Waals surface area contributed by atoms with Gasteiger partial charge in [0.1, 0.15) is 10.6 Å². The Morgan fingerprint density at radius 2 is 1.73 bits per heavy atom. The molecule has 2 aromatic rings. The van der Waals surface area contributed by atoms with E-state index in [4.69, 9.17) is 11.6 Å². The summed E-state index contributed by atoms with van der Waals surface area (Å²) < 4.78 is 26.7. The number of carbonyl (C=O) groups excluding carboxylic acids is 1. The zero-order chi connectivity index (χ0) is 19.3. The number of benzene rings is 2. The van der Waals surface area contributed by atoms with Crippen LogP contribution < -0.4 is 5.32 Å². The molecule has 2 aromatic carbocycles. The van der Waals surface area contributed by atoms with Gasteiger partial charge in [-0.15, -0.1) is 0 Å². The average molecular weight is 397 g/mol. The fourth-order valence-electron chi connectivity index (χ4n) is 2.49. The second kappa shape index (κ2) is 8.53. The van der Waals surface area contributed by atoms with E-state index in [1.54, 1.807) is 32.0 Å². The number of nitrogens with one attached hydrogen (secondary N) is 1. The Bertz CT molecular complexity index is 879. The predicted octanol–water partition coefficient (Wildman–Crippen LogP) is 3.26. The number of hydrogen-bond acceptors (Lipinski definition) is 4. The van der Waals surface area contributed by atoms with E-state index in [2.05, 4.69) is 5.32 Å². The molecule has 140 valence electrons. The van der Waals surface area contributed by atoms with Crippen molar-refractivity contribution in [2.24, 2.45) is 0 Å². The summed E-state index contributed by atoms with van der Waals surface area (Å²) in [5.41, 5.74) is 1.08. The zero-order valence-electron chi connectivity index (χ0n) is 14.6. The monoisotopic (exact) mass is 396 g/mol. The van der Waals surface area contributed by atoms with Gasteiger partial charge in [-0.3, -0.25) is 4.79 Å². The minimum atomic E-state index is -3.73. The summed E-state index contributed by atoms with van der Waals surface area (Å²) in [6.07, 6.45) is 0.0982. The maximum atomic E-state index is 12.7. The number of rotatable bonds is 7. The van der Waals surface area contributed by atoms with Crippen molar-refractivity contribution in [3.05, 3.63) is 53.1 Å². The van der Waals surface area contributed by atoms with E-state index in [-0.39, 0.29) is 28.0 Å². The van der Waals surface area contributed by atoms with Crippen molar-refractivity contribution in [1.82, 2.24) is 4.31 Å². The van der Waals surface area contributed by atoms with Crippen molar-refractivity contribution in [1.29, 1.82) is 0 Å². The van der Waals surface area contributed by atoms with Gasteiger partial charge in [-0.2, -0.15) is 4.31 Å². The smallest absolute Gasteiger partial charge is 0.244 e. The van der Waals surface area contributed by atoms with Crippen molar-refractivity contribution in [3.8, 4) is 5.75 Å². The highest BCUT2D eigenvalue weighted by Crippen LogP contribution is 2.28. The fraction of sp³-hybridized carbons (Fsp3) is 0.278. The van der Waals surface area contributed by atoms with Crippen LogP contribution in [0.2, 0.25) is 5.02 Å². The summed E-state index contributed by atoms with van der Waals surface area (Å²) in [6.45, 7) is 4.15.